The van der Waals surface area contributed by atoms with Gasteiger partial charge < -0.3 is 58.3 Å². The van der Waals surface area contributed by atoms with Gasteiger partial charge in [-0.05, 0) is 320 Å². The van der Waals surface area contributed by atoms with Gasteiger partial charge in [0, 0.05) is 62.0 Å². The molecule has 0 amide bonds. The number of aliphatic carboxylic acids is 2. The molecule has 3 radical (unpaired) electrons. The molecule has 5 atom stereocenters. The van der Waals surface area contributed by atoms with Crippen LogP contribution in [-0.2, 0) is 144 Å². The quantitative estimate of drug-likeness (QED) is 0.00933. The van der Waals surface area contributed by atoms with Crippen LogP contribution in [0.1, 0.15) is 274 Å². The summed E-state index contributed by atoms with van der Waals surface area (Å²) < 4.78 is 103. The minimum absolute atomic E-state index is 0. The zero-order valence-electron chi connectivity index (χ0n) is 87.5. The average molecular weight is 2080 g/mol. The number of ketones is 6. The summed E-state index contributed by atoms with van der Waals surface area (Å²) in [6.45, 7) is 26.3. The number of likely N-dealkylation sites (tertiary alicyclic amines) is 4. The van der Waals surface area contributed by atoms with E-state index in [0.29, 0.717) is 62.5 Å². The van der Waals surface area contributed by atoms with Crippen molar-refractivity contribution in [3.63, 3.8) is 0 Å². The molecule has 0 aromatic heterocycles. The van der Waals surface area contributed by atoms with Gasteiger partial charge >= 0.3 is 59.7 Å². The Morgan fingerprint density at radius 1 is 0.439 bits per heavy atom. The average Bonchev–Trinajstić information content (AvgIpc) is 1.75. The Kier molecular flexibility index (Phi) is 62.0. The number of aryl methyl sites for hydroxylation is 6. The summed E-state index contributed by atoms with van der Waals surface area (Å²) in [4.78, 5) is 193. The molecule has 5 heterocycles. The summed E-state index contributed by atoms with van der Waals surface area (Å²) in [5.41, 5.74) is 4.22. The zero-order valence-corrected chi connectivity index (χ0v) is 87.5. The minimum atomic E-state index is -1.41. The molecule has 0 aliphatic carbocycles. The number of rotatable bonds is 36. The lowest BCUT2D eigenvalue weighted by molar-refractivity contribution is -0.231. The third-order valence-corrected chi connectivity index (χ3v) is 22.4. The normalized spacial score (nSPS) is 16.1. The molecular weight excluding hydrogens is 1930 g/mol. The van der Waals surface area contributed by atoms with Crippen molar-refractivity contribution in [2.75, 3.05) is 87.4 Å². The van der Waals surface area contributed by atoms with Crippen molar-refractivity contribution in [1.29, 1.82) is 0 Å². The van der Waals surface area contributed by atoms with Gasteiger partial charge in [-0.1, -0.05) is 74.2 Å². The summed E-state index contributed by atoms with van der Waals surface area (Å²) in [6.07, 6.45) is 9.34. The Hall–Kier alpha value is -12.6. The van der Waals surface area contributed by atoms with Crippen LogP contribution in [0, 0.1) is 35.0 Å². The highest BCUT2D eigenvalue weighted by molar-refractivity contribution is 6.19. The second-order valence-electron chi connectivity index (χ2n) is 37.2. The second kappa shape index (κ2) is 68.8. The summed E-state index contributed by atoms with van der Waals surface area (Å²) in [6, 6.07) is 31.0. The van der Waals surface area contributed by atoms with E-state index in [-0.39, 0.29) is 183 Å². The molecule has 148 heavy (non-hydrogen) atoms. The van der Waals surface area contributed by atoms with Crippen molar-refractivity contribution in [3.05, 3.63) is 207 Å². The van der Waals surface area contributed by atoms with Gasteiger partial charge in [-0.2, -0.15) is 0 Å². The van der Waals surface area contributed by atoms with E-state index >= 15 is 0 Å². The van der Waals surface area contributed by atoms with Gasteiger partial charge in [0.15, 0.2) is 29.1 Å². The molecular formula is C110H151BF5N4O28. The molecule has 6 aromatic carbocycles. The molecule has 32 nitrogen and oxygen atoms in total. The number of phenols is 1. The van der Waals surface area contributed by atoms with Gasteiger partial charge in [-0.15, -0.1) is 0 Å². The number of hydrogen-bond donors (Lipinski definition) is 4. The van der Waals surface area contributed by atoms with E-state index in [1.807, 2.05) is 49.0 Å². The molecule has 38 heteroatoms. The number of carboxylic acids is 2. The molecule has 1 unspecified atom stereocenters. The summed E-state index contributed by atoms with van der Waals surface area (Å²) in [5, 5.41) is 35.6. The number of hydrogen-bond acceptors (Lipinski definition) is 30. The van der Waals surface area contributed by atoms with Gasteiger partial charge in [0.25, 0.3) is 5.79 Å². The highest BCUT2D eigenvalue weighted by atomic mass is 19.1. The van der Waals surface area contributed by atoms with E-state index in [9.17, 15) is 104 Å². The highest BCUT2D eigenvalue weighted by Crippen LogP contribution is 2.41. The SMILES string of the molecule is C.CC(C)(C)OC(=O)CC(=O)CCc1ccc(F)cc1.CC1(C)OC(=O)CC(=O)O1.CCO.CCOC(=O)CC(=O)CC(=O)OCC.CCOC(=O)c1c(CCc2ccc(F)cc2)cc([C@@H]2CCCN2C)c(C(=O)OCC)c1O.CN1CCC[C@H]1C(=O)C(C(=O)CCc1ccc(F)cc1)C(=O)OC(C)(C)C.CN1CCC[C@H]1C(=O)CC(=O)CCc1ccc(F)cc1.CN1CCC[C@H]1C(=O)O.O=C(O)CCc1ccc(F)cc1.[2HH].[B]. The Balaban J connectivity index is 0.00000172. The molecule has 11 rings (SSSR count). The molecule has 5 saturated heterocycles. The van der Waals surface area contributed by atoms with Gasteiger partial charge in [-0.25, -0.2) is 31.5 Å². The standard InChI is InChI=1S/C25H30FNO5.C21H28FNO4.C16H20FNO2.C15H19FO3.C9H9FO2.C9H14O5.C6H11NO2.C6H8O4.C2H6O.CH4.B.H2/c1-4-31-24(29)21-17(11-8-16-9-12-18(26)13-10-16)15-19(20-7-6-14-27(20)3)22(23(21)28)25(30)32-5-2;1-21(2,3)27-20(26)18(19(25)16-6-5-13-23(16)4)17(24)12-9-14-7-10-15(22)11-8-14;1-18-10-2-3-15(18)16(20)11-14(19)9-6-12-4-7-13(17)8-5-12;1-15(2,3)19-14(18)10-13(17)9-6-11-4-7-12(16)8-5-11;10-8-4-1-7(2-5-8)3-6-9(11)12;1-3-13-8(11)5-7(10)6-9(12)14-4-2;1-7-4-2-3-5(7)6(8)9;1-6(2)9-4(7)3-5(8)10-6;1-2-3;;;/h9-10,12-13,15,20,28H,4-8,11,14H2,1-3H3;7-8,10-11,16,18H,5-6,9,12-13H2,1-4H3;4-5,7-8,15H,2-3,6,9-11H2,1H3;4-5,7-8H,6,9-10H2,1-3H3;1-2,4-5H,3,6H2,(H,11,12);3-6H2,1-2H3;5H,2-4H2,1H3,(H,8,9);3H2,1-2H3;3H,2H2,1H3;1H4;;1H/t20-;16-,18?;15-;;;;5-;;;;;/m000...0...../s1/i;;;;;;;;;;;1+1. The summed E-state index contributed by atoms with van der Waals surface area (Å²) >= 11 is 0. The first kappa shape index (κ1) is 133. The highest BCUT2D eigenvalue weighted by Gasteiger charge is 2.44. The number of nitrogens with zero attached hydrogens (tertiary/aromatic N) is 4. The maximum atomic E-state index is 13.3. The van der Waals surface area contributed by atoms with Crippen LogP contribution in [0.25, 0.3) is 0 Å². The fourth-order valence-electron chi connectivity index (χ4n) is 15.5. The topological polar surface area (TPSA) is 441 Å². The van der Waals surface area contributed by atoms with Crippen molar-refractivity contribution in [2.45, 2.75) is 286 Å². The smallest absolute Gasteiger partial charge is 0.342 e. The number of carbonyl (C=O) groups is 16. The number of aliphatic hydroxyl groups excluding tert-OH is 1. The van der Waals surface area contributed by atoms with Crippen molar-refractivity contribution in [1.82, 2.24) is 19.6 Å². The number of likely N-dealkylation sites (N-methyl/N-ethyl adjacent to an activating group) is 3. The number of benzene rings is 6. The number of ether oxygens (including phenoxy) is 8. The molecule has 817 valence electrons. The largest absolute Gasteiger partial charge is 0.506 e. The maximum absolute atomic E-state index is 13.3. The van der Waals surface area contributed by atoms with Crippen LogP contribution < -0.4 is 0 Å². The first-order chi connectivity index (χ1) is 68.7. The number of aromatic hydroxyl groups is 1. The Bertz CT molecular complexity index is 5200. The number of esters is 8. The predicted molar refractivity (Wildman–Crippen MR) is 545 cm³/mol. The molecule has 5 fully saturated rings. The third kappa shape index (κ3) is 52.8. The van der Waals surface area contributed by atoms with Gasteiger partial charge in [0.05, 0.1) is 44.9 Å². The third-order valence-electron chi connectivity index (χ3n) is 22.4. The Morgan fingerprint density at radius 2 is 0.777 bits per heavy atom. The van der Waals surface area contributed by atoms with Crippen molar-refractivity contribution >= 4 is 103 Å². The lowest BCUT2D eigenvalue weighted by Crippen LogP contribution is -2.45. The van der Waals surface area contributed by atoms with Crippen LogP contribution in [0.4, 0.5) is 22.0 Å². The Morgan fingerprint density at radius 3 is 1.11 bits per heavy atom. The van der Waals surface area contributed by atoms with Crippen LogP contribution in [0.5, 0.6) is 5.75 Å². The number of carbonyl (C=O) groups excluding carboxylic acids is 14. The van der Waals surface area contributed by atoms with Crippen LogP contribution in [0.3, 0.4) is 0 Å². The molecule has 5 aliphatic heterocycles. The van der Waals surface area contributed by atoms with Crippen LogP contribution >= 0.6 is 0 Å². The van der Waals surface area contributed by atoms with E-state index in [4.69, 9.17) is 34.3 Å². The first-order valence-electron chi connectivity index (χ1n) is 48.8. The van der Waals surface area contributed by atoms with Crippen LogP contribution in [0.15, 0.2) is 127 Å². The van der Waals surface area contributed by atoms with E-state index in [2.05, 4.69) is 23.8 Å². The van der Waals surface area contributed by atoms with E-state index in [1.165, 1.54) is 74.5 Å². The van der Waals surface area contributed by atoms with Gasteiger partial charge in [0.1, 0.15) is 100 Å². The van der Waals surface area contributed by atoms with Gasteiger partial charge in [0.2, 0.25) is 0 Å². The zero-order chi connectivity index (χ0) is 110. The summed E-state index contributed by atoms with van der Waals surface area (Å²) in [7, 11) is 7.58. The minimum Gasteiger partial charge on any atom is -0.506 e. The molecule has 0 bridgehead atoms. The number of Topliss-reactive ketones (excluding diaryl/α,β-unsaturated/α-hetero) is 6. The fourth-order valence-corrected chi connectivity index (χ4v) is 15.5. The van der Waals surface area contributed by atoms with E-state index in [1.54, 1.807) is 137 Å². The van der Waals surface area contributed by atoms with E-state index < -0.39 is 106 Å². The fraction of sp³-hybridized carbons (Fsp3) is 0.527. The first-order valence-corrected chi connectivity index (χ1v) is 48.8. The monoisotopic (exact) mass is 2080 g/mol. The lowest BCUT2D eigenvalue weighted by atomic mass is 9.89. The van der Waals surface area contributed by atoms with Gasteiger partial charge in [-0.3, -0.25) is 86.7 Å². The second-order valence-corrected chi connectivity index (χ2v) is 37.2. The number of aliphatic hydroxyl groups is 1. The van der Waals surface area contributed by atoms with Crippen LogP contribution in [-0.4, -0.2) is 265 Å². The Labute approximate surface area is 868 Å². The van der Waals surface area contributed by atoms with Crippen molar-refractivity contribution in [2.24, 2.45) is 5.92 Å². The molecule has 6 aromatic rings. The predicted octanol–water partition coefficient (Wildman–Crippen LogP) is 16.0. The number of cyclic esters (lactones) is 2. The van der Waals surface area contributed by atoms with Crippen molar-refractivity contribution in [3.8, 4) is 5.75 Å². The van der Waals surface area contributed by atoms with Crippen LogP contribution in [0.2, 0.25) is 0 Å². The lowest BCUT2D eigenvalue weighted by Gasteiger charge is -2.28. The molecule has 5 aliphatic rings. The number of phenolic OH excluding ortho intramolecular Hbond substituents is 1. The maximum Gasteiger partial charge on any atom is 0.342 e. The van der Waals surface area contributed by atoms with Crippen molar-refractivity contribution < 1.29 is 158 Å². The molecule has 0 spiro atoms. The number of halogens is 5. The molecule has 4 N–H and O–H groups in total. The number of carboxylic acid groups (broad SMARTS) is 2. The molecule has 0 saturated carbocycles. The summed E-state index contributed by atoms with van der Waals surface area (Å²) in [5.74, 6) is -12.3. The van der Waals surface area contributed by atoms with E-state index in [0.717, 1.165) is 98.9 Å².